The van der Waals surface area contributed by atoms with Crippen LogP contribution in [0.25, 0.3) is 0 Å². The van der Waals surface area contributed by atoms with Crippen molar-refractivity contribution in [1.29, 1.82) is 5.26 Å². The second-order valence-electron chi connectivity index (χ2n) is 7.97. The lowest BCUT2D eigenvalue weighted by Crippen LogP contribution is -2.44. The molecule has 4 rings (SSSR count). The molecular weight excluding hydrogens is 270 g/mol. The van der Waals surface area contributed by atoms with Crippen LogP contribution in [0.2, 0.25) is 0 Å². The Balaban J connectivity index is 1.74. The SMILES string of the molecule is Cc1c(C#N)ccc2c1CCC1C2CC[C@]2(C)C(O)CCC12. The number of aliphatic hydroxyl groups excluding tert-OH is 1. The van der Waals surface area contributed by atoms with Crippen LogP contribution < -0.4 is 0 Å². The second kappa shape index (κ2) is 4.83. The standard InChI is InChI=1S/C20H25NO/c1-12-13(11-21)3-4-15-14(12)5-6-17-16(15)9-10-20(2)18(17)7-8-19(20)22/h3-4,16-19,22H,5-10H2,1-2H3/t16?,17?,18?,19?,20-/m0/s1. The summed E-state index contributed by atoms with van der Waals surface area (Å²) in [6.07, 6.45) is 6.79. The van der Waals surface area contributed by atoms with Crippen LogP contribution >= 0.6 is 0 Å². The zero-order valence-corrected chi connectivity index (χ0v) is 13.6. The molecule has 1 aromatic carbocycles. The molecule has 3 aliphatic carbocycles. The average molecular weight is 295 g/mol. The fraction of sp³-hybridized carbons (Fsp3) is 0.650. The van der Waals surface area contributed by atoms with Gasteiger partial charge >= 0.3 is 0 Å². The van der Waals surface area contributed by atoms with Crippen molar-refractivity contribution in [3.63, 3.8) is 0 Å². The number of aliphatic hydroxyl groups is 1. The first-order chi connectivity index (χ1) is 10.6. The van der Waals surface area contributed by atoms with Crippen LogP contribution in [-0.4, -0.2) is 11.2 Å². The molecule has 2 heteroatoms. The van der Waals surface area contributed by atoms with Crippen LogP contribution in [0.15, 0.2) is 12.1 Å². The molecule has 2 fully saturated rings. The van der Waals surface area contributed by atoms with Crippen LogP contribution in [-0.2, 0) is 6.42 Å². The molecule has 0 saturated heterocycles. The van der Waals surface area contributed by atoms with Gasteiger partial charge in [-0.05, 0) is 91.4 Å². The van der Waals surface area contributed by atoms with Crippen molar-refractivity contribution < 1.29 is 5.11 Å². The lowest BCUT2D eigenvalue weighted by atomic mass is 9.55. The van der Waals surface area contributed by atoms with Gasteiger partial charge in [0.05, 0.1) is 17.7 Å². The van der Waals surface area contributed by atoms with Gasteiger partial charge in [0, 0.05) is 0 Å². The maximum absolute atomic E-state index is 10.4. The Morgan fingerprint density at radius 3 is 2.82 bits per heavy atom. The highest BCUT2D eigenvalue weighted by Crippen LogP contribution is 2.61. The van der Waals surface area contributed by atoms with Crippen molar-refractivity contribution >= 4 is 0 Å². The van der Waals surface area contributed by atoms with Gasteiger partial charge in [0.2, 0.25) is 0 Å². The van der Waals surface area contributed by atoms with Crippen molar-refractivity contribution in [2.45, 2.75) is 64.4 Å². The smallest absolute Gasteiger partial charge is 0.0994 e. The molecular formula is C20H25NO. The van der Waals surface area contributed by atoms with Crippen LogP contribution in [0.1, 0.15) is 67.2 Å². The minimum Gasteiger partial charge on any atom is -0.393 e. The van der Waals surface area contributed by atoms with E-state index < -0.39 is 0 Å². The molecule has 4 unspecified atom stereocenters. The number of benzene rings is 1. The van der Waals surface area contributed by atoms with E-state index in [0.717, 1.165) is 30.7 Å². The van der Waals surface area contributed by atoms with E-state index in [1.165, 1.54) is 36.0 Å². The van der Waals surface area contributed by atoms with Crippen LogP contribution in [0.5, 0.6) is 0 Å². The van der Waals surface area contributed by atoms with Crippen LogP contribution in [0, 0.1) is 35.5 Å². The summed E-state index contributed by atoms with van der Waals surface area (Å²) in [5.41, 5.74) is 5.16. The van der Waals surface area contributed by atoms with Gasteiger partial charge in [-0.15, -0.1) is 0 Å². The summed E-state index contributed by atoms with van der Waals surface area (Å²) in [6, 6.07) is 6.58. The molecule has 2 nitrogen and oxygen atoms in total. The monoisotopic (exact) mass is 295 g/mol. The minimum absolute atomic E-state index is 0.0949. The third-order valence-electron chi connectivity index (χ3n) is 7.27. The molecule has 3 aliphatic rings. The minimum atomic E-state index is -0.0949. The molecule has 0 radical (unpaired) electrons. The Kier molecular flexibility index (Phi) is 3.13. The summed E-state index contributed by atoms with van der Waals surface area (Å²) in [6.45, 7) is 4.44. The number of hydrogen-bond donors (Lipinski definition) is 1. The zero-order valence-electron chi connectivity index (χ0n) is 13.6. The Bertz CT molecular complexity index is 658. The van der Waals surface area contributed by atoms with Crippen molar-refractivity contribution in [3.05, 3.63) is 34.4 Å². The molecule has 0 spiro atoms. The first-order valence-electron chi connectivity index (χ1n) is 8.77. The van der Waals surface area contributed by atoms with E-state index in [-0.39, 0.29) is 11.5 Å². The van der Waals surface area contributed by atoms with E-state index in [1.54, 1.807) is 0 Å². The van der Waals surface area contributed by atoms with Gasteiger partial charge in [0.15, 0.2) is 0 Å². The van der Waals surface area contributed by atoms with Gasteiger partial charge in [-0.2, -0.15) is 5.26 Å². The van der Waals surface area contributed by atoms with E-state index in [0.29, 0.717) is 11.8 Å². The van der Waals surface area contributed by atoms with E-state index >= 15 is 0 Å². The molecule has 0 heterocycles. The van der Waals surface area contributed by atoms with E-state index in [2.05, 4.69) is 26.0 Å². The Hall–Kier alpha value is -1.33. The van der Waals surface area contributed by atoms with Crippen molar-refractivity contribution in [2.24, 2.45) is 17.3 Å². The van der Waals surface area contributed by atoms with Crippen molar-refractivity contribution in [2.75, 3.05) is 0 Å². The van der Waals surface area contributed by atoms with Crippen molar-refractivity contribution in [3.8, 4) is 6.07 Å². The average Bonchev–Trinajstić information content (AvgIpc) is 2.83. The summed E-state index contributed by atoms with van der Waals surface area (Å²) in [7, 11) is 0. The van der Waals surface area contributed by atoms with Gasteiger partial charge in [-0.3, -0.25) is 0 Å². The largest absolute Gasteiger partial charge is 0.393 e. The third-order valence-corrected chi connectivity index (χ3v) is 7.27. The van der Waals surface area contributed by atoms with E-state index in [4.69, 9.17) is 0 Å². The van der Waals surface area contributed by atoms with Gasteiger partial charge in [-0.1, -0.05) is 13.0 Å². The first-order valence-corrected chi connectivity index (χ1v) is 8.77. The van der Waals surface area contributed by atoms with Gasteiger partial charge in [0.25, 0.3) is 0 Å². The zero-order chi connectivity index (χ0) is 15.5. The molecule has 2 saturated carbocycles. The Labute approximate surface area is 133 Å². The summed E-state index contributed by atoms with van der Waals surface area (Å²) in [5.74, 6) is 2.07. The Morgan fingerprint density at radius 1 is 1.23 bits per heavy atom. The predicted molar refractivity (Wildman–Crippen MR) is 86.5 cm³/mol. The maximum Gasteiger partial charge on any atom is 0.0994 e. The Morgan fingerprint density at radius 2 is 2.05 bits per heavy atom. The van der Waals surface area contributed by atoms with E-state index in [9.17, 15) is 10.4 Å². The molecule has 0 aliphatic heterocycles. The number of hydrogen-bond acceptors (Lipinski definition) is 2. The van der Waals surface area contributed by atoms with Gasteiger partial charge in [-0.25, -0.2) is 0 Å². The highest BCUT2D eigenvalue weighted by Gasteiger charge is 2.54. The summed E-state index contributed by atoms with van der Waals surface area (Å²) >= 11 is 0. The first kappa shape index (κ1) is 14.3. The molecule has 1 N–H and O–H groups in total. The topological polar surface area (TPSA) is 44.0 Å². The van der Waals surface area contributed by atoms with E-state index in [1.807, 2.05) is 6.07 Å². The second-order valence-corrected chi connectivity index (χ2v) is 7.97. The molecule has 116 valence electrons. The highest BCUT2D eigenvalue weighted by atomic mass is 16.3. The molecule has 0 bridgehead atoms. The highest BCUT2D eigenvalue weighted by molar-refractivity contribution is 5.49. The fourth-order valence-corrected chi connectivity index (χ4v) is 5.94. The maximum atomic E-state index is 10.4. The third kappa shape index (κ3) is 1.75. The predicted octanol–water partition coefficient (Wildman–Crippen LogP) is 4.08. The number of nitrogens with zero attached hydrogens (tertiary/aromatic N) is 1. The molecule has 5 atom stereocenters. The summed E-state index contributed by atoms with van der Waals surface area (Å²) in [4.78, 5) is 0. The van der Waals surface area contributed by atoms with Crippen molar-refractivity contribution in [1.82, 2.24) is 0 Å². The quantitative estimate of drug-likeness (QED) is 0.783. The summed E-state index contributed by atoms with van der Waals surface area (Å²) < 4.78 is 0. The lowest BCUT2D eigenvalue weighted by Gasteiger charge is -2.50. The van der Waals surface area contributed by atoms with Crippen LogP contribution in [0.3, 0.4) is 0 Å². The normalized spacial score (nSPS) is 39.5. The van der Waals surface area contributed by atoms with Crippen LogP contribution in [0.4, 0.5) is 0 Å². The fourth-order valence-electron chi connectivity index (χ4n) is 5.94. The molecule has 1 aromatic rings. The van der Waals surface area contributed by atoms with Gasteiger partial charge < -0.3 is 5.11 Å². The number of nitriles is 1. The summed E-state index contributed by atoms with van der Waals surface area (Å²) in [5, 5.41) is 19.7. The number of rotatable bonds is 0. The molecule has 0 aromatic heterocycles. The van der Waals surface area contributed by atoms with Gasteiger partial charge in [0.1, 0.15) is 0 Å². The molecule has 0 amide bonds. The number of fused-ring (bicyclic) bond motifs is 5. The molecule has 22 heavy (non-hydrogen) atoms. The lowest BCUT2D eigenvalue weighted by molar-refractivity contribution is -0.0226.